The zero-order valence-electron chi connectivity index (χ0n) is 70.6. The summed E-state index contributed by atoms with van der Waals surface area (Å²) in [5.74, 6) is -1.85. The maximum absolute atomic E-state index is 11.7. The van der Waals surface area contributed by atoms with Crippen LogP contribution in [0.2, 0.25) is 0 Å². The minimum absolute atomic E-state index is 0.121. The minimum atomic E-state index is -1.37. The van der Waals surface area contributed by atoms with Gasteiger partial charge in [0.2, 0.25) is 0 Å². The lowest BCUT2D eigenvalue weighted by atomic mass is 9.61. The van der Waals surface area contributed by atoms with Gasteiger partial charge in [-0.15, -0.1) is 0 Å². The number of methoxy groups -OCH3 is 3. The molecule has 600 valence electrons. The third-order valence-electron chi connectivity index (χ3n) is 25.0. The van der Waals surface area contributed by atoms with Crippen molar-refractivity contribution in [3.05, 3.63) is 266 Å². The number of carbonyl (C=O) groups excluding carboxylic acids is 4. The van der Waals surface area contributed by atoms with Gasteiger partial charge in [0, 0.05) is 26.0 Å². The monoisotopic (exact) mass is 1620 g/mol. The van der Waals surface area contributed by atoms with Crippen LogP contribution in [0.25, 0.3) is 77.0 Å². The number of carbonyl (C=O) groups is 4. The van der Waals surface area contributed by atoms with Crippen molar-refractivity contribution in [2.45, 2.75) is 205 Å². The molecule has 0 atom stereocenters. The van der Waals surface area contributed by atoms with Crippen molar-refractivity contribution in [2.75, 3.05) is 21.3 Å². The molecule has 0 aliphatic heterocycles. The summed E-state index contributed by atoms with van der Waals surface area (Å²) in [4.78, 5) is 63.6. The summed E-state index contributed by atoms with van der Waals surface area (Å²) < 4.78 is 15.1. The van der Waals surface area contributed by atoms with Crippen molar-refractivity contribution < 1.29 is 48.6 Å². The van der Waals surface area contributed by atoms with Gasteiger partial charge in [0.1, 0.15) is 22.8 Å². The second-order valence-corrected chi connectivity index (χ2v) is 37.7. The number of amides is 1. The number of hydroxylamine groups is 1. The van der Waals surface area contributed by atoms with E-state index >= 15 is 0 Å². The molecule has 4 aromatic heterocycles. The van der Waals surface area contributed by atoms with E-state index in [0.29, 0.717) is 22.5 Å². The third-order valence-corrected chi connectivity index (χ3v) is 25.5. The number of rotatable bonds is 8. The van der Waals surface area contributed by atoms with Crippen molar-refractivity contribution in [2.24, 2.45) is 0 Å². The molecule has 0 spiro atoms. The van der Waals surface area contributed by atoms with Crippen molar-refractivity contribution in [3.63, 3.8) is 0 Å². The summed E-state index contributed by atoms with van der Waals surface area (Å²) in [6.07, 6.45) is 9.55. The van der Waals surface area contributed by atoms with E-state index < -0.39 is 30.9 Å². The Labute approximate surface area is 691 Å². The van der Waals surface area contributed by atoms with Crippen LogP contribution in [0.5, 0.6) is 0 Å². The number of nitrogens with one attached hydrogen (secondary N) is 1. The van der Waals surface area contributed by atoms with Crippen LogP contribution in [0.4, 0.5) is 0 Å². The fourth-order valence-electron chi connectivity index (χ4n) is 16.9. The number of pyridine rings is 4. The van der Waals surface area contributed by atoms with E-state index in [0.717, 1.165) is 60.1 Å². The topological polar surface area (TPSA) is 220 Å². The van der Waals surface area contributed by atoms with Gasteiger partial charge in [0.05, 0.1) is 43.4 Å². The van der Waals surface area contributed by atoms with E-state index in [1.165, 1.54) is 139 Å². The predicted octanol–water partition coefficient (Wildman–Crippen LogP) is 21.9. The molecule has 116 heavy (non-hydrogen) atoms. The fraction of sp³-hybridized carbons (Fsp3) is 0.354. The highest BCUT2D eigenvalue weighted by Crippen LogP contribution is 2.51. The lowest BCUT2D eigenvalue weighted by Crippen LogP contribution is -2.37. The largest absolute Gasteiger partial charge is 0.488 e. The van der Waals surface area contributed by atoms with Crippen LogP contribution in [0.3, 0.4) is 0 Å². The molecule has 8 aromatic carbocycles. The van der Waals surface area contributed by atoms with Crippen molar-refractivity contribution in [3.8, 4) is 33.4 Å². The first-order valence-corrected chi connectivity index (χ1v) is 40.8. The van der Waals surface area contributed by atoms with Gasteiger partial charge in [-0.25, -0.2) is 39.8 Å². The van der Waals surface area contributed by atoms with Crippen LogP contribution in [-0.4, -0.2) is 87.5 Å². The van der Waals surface area contributed by atoms with Gasteiger partial charge in [-0.1, -0.05) is 242 Å². The van der Waals surface area contributed by atoms with Gasteiger partial charge in [0.15, 0.2) is 0 Å². The highest BCUT2D eigenvalue weighted by Gasteiger charge is 2.41. The van der Waals surface area contributed by atoms with Crippen molar-refractivity contribution in [1.82, 2.24) is 25.4 Å². The molecule has 4 aliphatic carbocycles. The summed E-state index contributed by atoms with van der Waals surface area (Å²) in [6, 6.07) is 65.0. The van der Waals surface area contributed by atoms with E-state index in [4.69, 9.17) is 14.7 Å². The molecule has 17 heteroatoms. The zero-order chi connectivity index (χ0) is 84.0. The molecule has 0 fully saturated rings. The van der Waals surface area contributed by atoms with Gasteiger partial charge < -0.3 is 24.3 Å². The Morgan fingerprint density at radius 1 is 0.310 bits per heavy atom. The first-order chi connectivity index (χ1) is 54.6. The molecular formula is C99H109BBrN5O10. The molecule has 16 rings (SSSR count). The normalized spacial score (nSPS) is 16.8. The lowest BCUT2D eigenvalue weighted by Gasteiger charge is -2.42. The number of ether oxygens (including phenoxy) is 3. The van der Waals surface area contributed by atoms with Crippen LogP contribution in [0.1, 0.15) is 249 Å². The number of hydrogen-bond acceptors (Lipinski definition) is 14. The fourth-order valence-corrected chi connectivity index (χ4v) is 17.3. The number of esters is 3. The van der Waals surface area contributed by atoms with Gasteiger partial charge in [0.25, 0.3) is 5.91 Å². The van der Waals surface area contributed by atoms with Gasteiger partial charge in [-0.2, -0.15) is 0 Å². The molecule has 0 saturated carbocycles. The number of benzene rings is 8. The molecular weight excluding hydrogens is 1510 g/mol. The lowest BCUT2D eigenvalue weighted by molar-refractivity contribution is 0.0586. The average molecular weight is 1620 g/mol. The first kappa shape index (κ1) is 85.1. The van der Waals surface area contributed by atoms with E-state index in [-0.39, 0.29) is 49.0 Å². The molecule has 0 bridgehead atoms. The van der Waals surface area contributed by atoms with Gasteiger partial charge in [-0.3, -0.25) is 10.0 Å². The third kappa shape index (κ3) is 18.1. The van der Waals surface area contributed by atoms with Crippen LogP contribution < -0.4 is 10.9 Å². The Hall–Kier alpha value is -10.3. The number of fused-ring (bicyclic) bond motifs is 8. The Bertz CT molecular complexity index is 5380. The van der Waals surface area contributed by atoms with Crippen LogP contribution in [-0.2, 0) is 57.5 Å². The smallest absolute Gasteiger partial charge is 0.464 e. The molecule has 0 radical (unpaired) electrons. The van der Waals surface area contributed by atoms with Crippen LogP contribution >= 0.6 is 15.9 Å². The first-order valence-electron chi connectivity index (χ1n) is 40.0. The summed E-state index contributed by atoms with van der Waals surface area (Å²) in [6.45, 7) is 37.1. The second-order valence-electron chi connectivity index (χ2n) is 36.8. The molecule has 4 N–H and O–H groups in total. The van der Waals surface area contributed by atoms with E-state index in [1.807, 2.05) is 78.9 Å². The molecule has 4 heterocycles. The highest BCUT2D eigenvalue weighted by atomic mass is 79.9. The SMILES string of the molecule is CC1(C)CCC(C)(C)c2cc(-c3ccc4nc(C(=O)NO)ccc4c3)ccc21.CC1(C)CCC(C)(C)c2cc(B(O)O)ccc21.COC(=O)c1ccc2cc(-c3ccc4c(c3)C(C)(C)CCC4(C)C)ccc2n1.COC(=O)c1ccc2cc(-c3ccc4c(c3)C(C)(C)CCC4(C)C)ccc2n1.COC(=O)c1ccc2cc(Br)ccc2n1. The molecule has 1 amide bonds. The number of halogens is 1. The Kier molecular flexibility index (Phi) is 24.2. The standard InChI is InChI=1S/2C25H27NO2.C24H26N2O2.C14H21BO2.C11H8BrNO2/c2*1-24(2)12-13-25(3,4)20-15-17(6-9-19(20)24)16-7-10-21-18(14-16)8-11-22(26-21)23(27)28-5;1-23(2)11-12-24(3,4)19-14-16(5-8-18(19)23)15-6-9-20-17(13-15)7-10-21(25-20)22(27)26-28;1-13(2)7-8-14(3,4)12-9-10(15(16)17)5-6-11(12)13;1-15-11(14)10-4-2-7-6-8(12)3-5-9(7)13-10/h2*6-11,14-15H,12-13H2,1-5H3;5-10,13-14,28H,11-12H2,1-4H3,(H,26,27);5-6,9,16-17H,7-8H2,1-4H3;2-6H,1H3. The summed E-state index contributed by atoms with van der Waals surface area (Å²) in [5, 5.41) is 31.3. The van der Waals surface area contributed by atoms with Crippen molar-refractivity contribution in [1.29, 1.82) is 0 Å². The van der Waals surface area contributed by atoms with Crippen molar-refractivity contribution >= 4 is 95.9 Å². The number of aromatic nitrogens is 4. The van der Waals surface area contributed by atoms with E-state index in [1.54, 1.807) is 29.7 Å². The van der Waals surface area contributed by atoms with Crippen LogP contribution in [0.15, 0.2) is 199 Å². The molecule has 15 nitrogen and oxygen atoms in total. The van der Waals surface area contributed by atoms with E-state index in [2.05, 4.69) is 242 Å². The average Bonchev–Trinajstić information content (AvgIpc) is 0.751. The van der Waals surface area contributed by atoms with Crippen LogP contribution in [0, 0.1) is 0 Å². The molecule has 0 saturated heterocycles. The van der Waals surface area contributed by atoms with Gasteiger partial charge >= 0.3 is 25.0 Å². The quantitative estimate of drug-likeness (QED) is 0.0366. The maximum Gasteiger partial charge on any atom is 0.488 e. The summed E-state index contributed by atoms with van der Waals surface area (Å²) in [5.41, 5.74) is 26.5. The maximum atomic E-state index is 11.7. The Morgan fingerprint density at radius 2 is 0.552 bits per heavy atom. The minimum Gasteiger partial charge on any atom is -0.464 e. The predicted molar refractivity (Wildman–Crippen MR) is 472 cm³/mol. The van der Waals surface area contributed by atoms with Gasteiger partial charge in [-0.05, 0) is 257 Å². The number of hydrogen-bond donors (Lipinski definition) is 4. The summed E-state index contributed by atoms with van der Waals surface area (Å²) in [7, 11) is 2.71. The summed E-state index contributed by atoms with van der Waals surface area (Å²) >= 11 is 3.37. The Balaban J connectivity index is 0.000000136. The zero-order valence-corrected chi connectivity index (χ0v) is 72.2. The molecule has 4 aliphatic rings. The molecule has 0 unspecified atom stereocenters. The number of nitrogens with zero attached hydrogens (tertiary/aromatic N) is 4. The second kappa shape index (κ2) is 33.0. The highest BCUT2D eigenvalue weighted by molar-refractivity contribution is 9.10. The Morgan fingerprint density at radius 3 is 0.845 bits per heavy atom. The molecule has 12 aromatic rings. The van der Waals surface area contributed by atoms with E-state index in [9.17, 15) is 29.2 Å².